The Morgan fingerprint density at radius 3 is 2.61 bits per heavy atom. The highest BCUT2D eigenvalue weighted by molar-refractivity contribution is 5.95. The monoisotopic (exact) mass is 415 g/mol. The van der Waals surface area contributed by atoms with Gasteiger partial charge in [0, 0.05) is 49.7 Å². The predicted molar refractivity (Wildman–Crippen MR) is 115 cm³/mol. The van der Waals surface area contributed by atoms with Crippen LogP contribution < -0.4 is 4.90 Å². The van der Waals surface area contributed by atoms with E-state index >= 15 is 0 Å². The molecule has 156 valence electrons. The van der Waals surface area contributed by atoms with Crippen LogP contribution >= 0.6 is 0 Å². The Morgan fingerprint density at radius 1 is 1.03 bits per heavy atom. The predicted octanol–water partition coefficient (Wildman–Crippen LogP) is 3.15. The van der Waals surface area contributed by atoms with Crippen molar-refractivity contribution in [2.24, 2.45) is 0 Å². The zero-order chi connectivity index (χ0) is 21.4. The molecule has 4 heterocycles. The second-order valence-electron chi connectivity index (χ2n) is 7.48. The number of amides is 1. The number of benzene rings is 1. The summed E-state index contributed by atoms with van der Waals surface area (Å²) in [6, 6.07) is 10.9. The number of aromatic nitrogens is 3. The van der Waals surface area contributed by atoms with Crippen LogP contribution in [0.3, 0.4) is 0 Å². The Kier molecular flexibility index (Phi) is 4.74. The van der Waals surface area contributed by atoms with Crippen LogP contribution in [0.5, 0.6) is 0 Å². The van der Waals surface area contributed by atoms with Gasteiger partial charge in [-0.1, -0.05) is 18.2 Å². The molecule has 0 bridgehead atoms. The average molecular weight is 415 g/mol. The van der Waals surface area contributed by atoms with E-state index in [0.29, 0.717) is 37.5 Å². The summed E-state index contributed by atoms with van der Waals surface area (Å²) in [7, 11) is 0. The quantitative estimate of drug-likeness (QED) is 0.476. The van der Waals surface area contributed by atoms with Crippen molar-refractivity contribution >= 4 is 23.2 Å². The third kappa shape index (κ3) is 3.46. The molecule has 8 nitrogen and oxygen atoms in total. The number of nitrogens with zero attached hydrogens (tertiary/aromatic N) is 5. The van der Waals surface area contributed by atoms with E-state index < -0.39 is 0 Å². The van der Waals surface area contributed by atoms with Gasteiger partial charge in [-0.25, -0.2) is 9.97 Å². The standard InChI is InChI=1S/C23H21N5O3/c1-16(29)17-4-2-5-18(14-17)19-15-25-22-21(24-7-8-28(19)22)26-9-11-27(12-10-26)23(30)20-6-3-13-31-20/h2-8,13-15H,9-12H2,1H3. The van der Waals surface area contributed by atoms with Crippen molar-refractivity contribution in [3.05, 3.63) is 72.6 Å². The molecule has 1 aliphatic heterocycles. The van der Waals surface area contributed by atoms with Crippen LogP contribution in [0.15, 0.2) is 65.7 Å². The molecule has 0 radical (unpaired) electrons. The second-order valence-corrected chi connectivity index (χ2v) is 7.48. The number of rotatable bonds is 4. The minimum atomic E-state index is -0.0933. The molecular formula is C23H21N5O3. The highest BCUT2D eigenvalue weighted by Gasteiger charge is 2.26. The summed E-state index contributed by atoms with van der Waals surface area (Å²) in [4.78, 5) is 37.4. The smallest absolute Gasteiger partial charge is 0.289 e. The molecule has 1 aromatic carbocycles. The number of piperazine rings is 1. The van der Waals surface area contributed by atoms with Crippen LogP contribution in [0.1, 0.15) is 27.8 Å². The molecule has 5 rings (SSSR count). The zero-order valence-electron chi connectivity index (χ0n) is 17.1. The van der Waals surface area contributed by atoms with Gasteiger partial charge in [-0.3, -0.25) is 14.0 Å². The normalized spacial score (nSPS) is 14.2. The van der Waals surface area contributed by atoms with Gasteiger partial charge in [0.2, 0.25) is 0 Å². The lowest BCUT2D eigenvalue weighted by molar-refractivity contribution is 0.0714. The van der Waals surface area contributed by atoms with Gasteiger partial charge in [-0.05, 0) is 25.1 Å². The SMILES string of the molecule is CC(=O)c1cccc(-c2cnc3c(N4CCN(C(=O)c5ccco5)CC4)nccn23)c1. The van der Waals surface area contributed by atoms with Crippen molar-refractivity contribution in [2.75, 3.05) is 31.1 Å². The number of hydrogen-bond donors (Lipinski definition) is 0. The first-order chi connectivity index (χ1) is 15.1. The van der Waals surface area contributed by atoms with Gasteiger partial charge in [0.05, 0.1) is 18.2 Å². The molecule has 1 aliphatic rings. The highest BCUT2D eigenvalue weighted by Crippen LogP contribution is 2.26. The maximum atomic E-state index is 12.5. The van der Waals surface area contributed by atoms with Crippen molar-refractivity contribution in [1.29, 1.82) is 0 Å². The molecule has 8 heteroatoms. The first-order valence-corrected chi connectivity index (χ1v) is 10.1. The fourth-order valence-electron chi connectivity index (χ4n) is 3.92. The average Bonchev–Trinajstić information content (AvgIpc) is 3.49. The number of imidazole rings is 1. The molecule has 0 N–H and O–H groups in total. The molecule has 0 spiro atoms. The van der Waals surface area contributed by atoms with Crippen LogP contribution in [-0.2, 0) is 0 Å². The molecule has 3 aromatic heterocycles. The molecule has 1 amide bonds. The van der Waals surface area contributed by atoms with Crippen molar-refractivity contribution in [2.45, 2.75) is 6.92 Å². The first-order valence-electron chi connectivity index (χ1n) is 10.1. The van der Waals surface area contributed by atoms with Gasteiger partial charge in [-0.15, -0.1) is 0 Å². The first kappa shape index (κ1) is 19.0. The van der Waals surface area contributed by atoms with Crippen molar-refractivity contribution < 1.29 is 14.0 Å². The zero-order valence-corrected chi connectivity index (χ0v) is 17.1. The number of Topliss-reactive ketones (excluding diaryl/α,β-unsaturated/α-hetero) is 1. The Bertz CT molecular complexity index is 1250. The summed E-state index contributed by atoms with van der Waals surface area (Å²) < 4.78 is 7.22. The topological polar surface area (TPSA) is 84.0 Å². The minimum Gasteiger partial charge on any atom is -0.459 e. The van der Waals surface area contributed by atoms with Crippen LogP contribution in [0, 0.1) is 0 Å². The van der Waals surface area contributed by atoms with E-state index in [-0.39, 0.29) is 11.7 Å². The molecule has 1 saturated heterocycles. The third-order valence-corrected chi connectivity index (χ3v) is 5.57. The van der Waals surface area contributed by atoms with E-state index in [1.54, 1.807) is 36.4 Å². The van der Waals surface area contributed by atoms with Crippen LogP contribution in [-0.4, -0.2) is 57.1 Å². The van der Waals surface area contributed by atoms with Gasteiger partial charge < -0.3 is 14.2 Å². The Labute approximate surface area is 178 Å². The van der Waals surface area contributed by atoms with E-state index in [2.05, 4.69) is 14.9 Å². The van der Waals surface area contributed by atoms with E-state index in [4.69, 9.17) is 4.42 Å². The molecule has 0 aliphatic carbocycles. The van der Waals surface area contributed by atoms with Gasteiger partial charge in [0.1, 0.15) is 0 Å². The van der Waals surface area contributed by atoms with Gasteiger partial charge in [0.25, 0.3) is 5.91 Å². The number of hydrogen-bond acceptors (Lipinski definition) is 6. The van der Waals surface area contributed by atoms with Crippen LogP contribution in [0.25, 0.3) is 16.9 Å². The summed E-state index contributed by atoms with van der Waals surface area (Å²) in [5, 5.41) is 0. The summed E-state index contributed by atoms with van der Waals surface area (Å²) >= 11 is 0. The van der Waals surface area contributed by atoms with E-state index in [1.165, 1.54) is 6.26 Å². The fourth-order valence-corrected chi connectivity index (χ4v) is 3.92. The highest BCUT2D eigenvalue weighted by atomic mass is 16.3. The molecule has 0 atom stereocenters. The number of furan rings is 1. The molecular weight excluding hydrogens is 394 g/mol. The molecule has 4 aromatic rings. The van der Waals surface area contributed by atoms with E-state index in [1.807, 2.05) is 34.9 Å². The van der Waals surface area contributed by atoms with E-state index in [0.717, 1.165) is 22.7 Å². The van der Waals surface area contributed by atoms with E-state index in [9.17, 15) is 9.59 Å². The Balaban J connectivity index is 1.40. The van der Waals surface area contributed by atoms with Crippen molar-refractivity contribution in [3.8, 4) is 11.3 Å². The Hall–Kier alpha value is -3.94. The van der Waals surface area contributed by atoms with Gasteiger partial charge >= 0.3 is 0 Å². The lowest BCUT2D eigenvalue weighted by atomic mass is 10.1. The summed E-state index contributed by atoms with van der Waals surface area (Å²) in [5.74, 6) is 1.07. The third-order valence-electron chi connectivity index (χ3n) is 5.57. The molecule has 31 heavy (non-hydrogen) atoms. The number of carbonyl (C=O) groups excluding carboxylic acids is 2. The largest absolute Gasteiger partial charge is 0.459 e. The van der Waals surface area contributed by atoms with Crippen LogP contribution in [0.4, 0.5) is 5.82 Å². The number of fused-ring (bicyclic) bond motifs is 1. The van der Waals surface area contributed by atoms with Crippen molar-refractivity contribution in [3.63, 3.8) is 0 Å². The van der Waals surface area contributed by atoms with Crippen molar-refractivity contribution in [1.82, 2.24) is 19.3 Å². The van der Waals surface area contributed by atoms with Gasteiger partial charge in [-0.2, -0.15) is 0 Å². The summed E-state index contributed by atoms with van der Waals surface area (Å²) in [6.45, 7) is 4.03. The molecule has 1 fully saturated rings. The summed E-state index contributed by atoms with van der Waals surface area (Å²) in [5.41, 5.74) is 3.23. The molecule has 0 saturated carbocycles. The second kappa shape index (κ2) is 7.71. The van der Waals surface area contributed by atoms with Gasteiger partial charge in [0.15, 0.2) is 23.0 Å². The minimum absolute atomic E-state index is 0.0278. The Morgan fingerprint density at radius 2 is 1.87 bits per heavy atom. The number of carbonyl (C=O) groups is 2. The number of anilines is 1. The fraction of sp³-hybridized carbons (Fsp3) is 0.217. The van der Waals surface area contributed by atoms with Crippen LogP contribution in [0.2, 0.25) is 0 Å². The lowest BCUT2D eigenvalue weighted by Crippen LogP contribution is -2.49. The lowest BCUT2D eigenvalue weighted by Gasteiger charge is -2.35. The molecule has 0 unspecified atom stereocenters. The maximum Gasteiger partial charge on any atom is 0.289 e. The number of ketones is 1. The maximum absolute atomic E-state index is 12.5. The summed E-state index contributed by atoms with van der Waals surface area (Å²) in [6.07, 6.45) is 6.94.